The van der Waals surface area contributed by atoms with E-state index < -0.39 is 0 Å². The summed E-state index contributed by atoms with van der Waals surface area (Å²) in [6, 6.07) is 9.78. The van der Waals surface area contributed by atoms with E-state index in [2.05, 4.69) is 53.2 Å². The number of fused-ring (bicyclic) bond motifs is 2. The van der Waals surface area contributed by atoms with Crippen molar-refractivity contribution in [2.24, 2.45) is 11.8 Å². The summed E-state index contributed by atoms with van der Waals surface area (Å²) in [6.07, 6.45) is 2.58. The van der Waals surface area contributed by atoms with E-state index in [1.54, 1.807) is 5.56 Å². The number of rotatable bonds is 3. The molecule has 0 saturated carbocycles. The molecule has 0 aromatic heterocycles. The van der Waals surface area contributed by atoms with Crippen molar-refractivity contribution in [2.45, 2.75) is 36.0 Å². The molecule has 2 fully saturated rings. The Balaban J connectivity index is 1.43. The van der Waals surface area contributed by atoms with Crippen LogP contribution in [0.1, 0.15) is 18.9 Å². The summed E-state index contributed by atoms with van der Waals surface area (Å²) in [6.45, 7) is 7.47. The van der Waals surface area contributed by atoms with Crippen LogP contribution in [0.15, 0.2) is 29.2 Å². The fraction of sp³-hybridized carbons (Fsp3) is 0.647. The van der Waals surface area contributed by atoms with E-state index in [0.717, 1.165) is 23.1 Å². The highest BCUT2D eigenvalue weighted by Gasteiger charge is 2.43. The summed E-state index contributed by atoms with van der Waals surface area (Å²) in [4.78, 5) is 4.33. The Hall–Kier alpha value is -0.510. The second kappa shape index (κ2) is 5.36. The van der Waals surface area contributed by atoms with E-state index in [1.807, 2.05) is 0 Å². The molecule has 0 aliphatic carbocycles. The van der Waals surface area contributed by atoms with Gasteiger partial charge in [0.15, 0.2) is 0 Å². The van der Waals surface area contributed by atoms with E-state index in [0.29, 0.717) is 0 Å². The fourth-order valence-corrected chi connectivity index (χ4v) is 5.85. The molecule has 4 rings (SSSR count). The van der Waals surface area contributed by atoms with Crippen molar-refractivity contribution in [3.8, 4) is 0 Å². The van der Waals surface area contributed by atoms with E-state index in [9.17, 15) is 0 Å². The molecule has 3 aliphatic heterocycles. The summed E-state index contributed by atoms with van der Waals surface area (Å²) >= 11 is 2.11. The molecule has 108 valence electrons. The zero-order valence-electron chi connectivity index (χ0n) is 12.2. The second-order valence-electron chi connectivity index (χ2n) is 6.56. The van der Waals surface area contributed by atoms with Gasteiger partial charge in [0.25, 0.3) is 0 Å². The van der Waals surface area contributed by atoms with Gasteiger partial charge in [-0.3, -0.25) is 4.90 Å². The standard InChI is InChI=1S/C17H24N2S/c1-2-16-15-9-18-8-13(15)10-19(16)11-14-7-12-5-3-4-6-17(12)20-14/h3-6,13-16,18H,2,7-11H2,1H3. The summed E-state index contributed by atoms with van der Waals surface area (Å²) in [5.74, 6) is 1.82. The first-order chi connectivity index (χ1) is 9.85. The van der Waals surface area contributed by atoms with Crippen LogP contribution in [0, 0.1) is 11.8 Å². The zero-order valence-corrected chi connectivity index (χ0v) is 13.0. The topological polar surface area (TPSA) is 15.3 Å². The number of nitrogens with one attached hydrogen (secondary N) is 1. The molecule has 1 N–H and O–H groups in total. The number of benzene rings is 1. The van der Waals surface area contributed by atoms with Crippen molar-refractivity contribution in [1.82, 2.24) is 10.2 Å². The monoisotopic (exact) mass is 288 g/mol. The van der Waals surface area contributed by atoms with Crippen molar-refractivity contribution in [2.75, 3.05) is 26.2 Å². The Morgan fingerprint density at radius 1 is 1.30 bits per heavy atom. The van der Waals surface area contributed by atoms with Crippen LogP contribution in [0.5, 0.6) is 0 Å². The molecule has 3 heterocycles. The van der Waals surface area contributed by atoms with Crippen LogP contribution >= 0.6 is 11.8 Å². The molecule has 20 heavy (non-hydrogen) atoms. The van der Waals surface area contributed by atoms with Gasteiger partial charge in [0.1, 0.15) is 0 Å². The molecule has 2 saturated heterocycles. The van der Waals surface area contributed by atoms with Crippen LogP contribution in [0.2, 0.25) is 0 Å². The molecule has 4 unspecified atom stereocenters. The second-order valence-corrected chi connectivity index (χ2v) is 7.91. The minimum absolute atomic E-state index is 0.772. The minimum Gasteiger partial charge on any atom is -0.316 e. The highest BCUT2D eigenvalue weighted by atomic mass is 32.2. The molecule has 0 bridgehead atoms. The summed E-state index contributed by atoms with van der Waals surface area (Å²) in [7, 11) is 0. The molecule has 1 aromatic rings. The van der Waals surface area contributed by atoms with Gasteiger partial charge in [0.05, 0.1) is 0 Å². The van der Waals surface area contributed by atoms with Gasteiger partial charge in [0.2, 0.25) is 0 Å². The highest BCUT2D eigenvalue weighted by Crippen LogP contribution is 2.40. The van der Waals surface area contributed by atoms with Gasteiger partial charge >= 0.3 is 0 Å². The van der Waals surface area contributed by atoms with Gasteiger partial charge in [-0.1, -0.05) is 25.1 Å². The maximum atomic E-state index is 3.59. The van der Waals surface area contributed by atoms with Crippen LogP contribution < -0.4 is 5.32 Å². The van der Waals surface area contributed by atoms with Crippen molar-refractivity contribution in [1.29, 1.82) is 0 Å². The van der Waals surface area contributed by atoms with Crippen LogP contribution in [0.25, 0.3) is 0 Å². The Bertz CT molecular complexity index is 465. The lowest BCUT2D eigenvalue weighted by Crippen LogP contribution is -2.39. The maximum absolute atomic E-state index is 3.59. The summed E-state index contributed by atoms with van der Waals surface area (Å²) in [5, 5.41) is 4.36. The number of likely N-dealkylation sites (tertiary alicyclic amines) is 1. The lowest BCUT2D eigenvalue weighted by Gasteiger charge is -2.28. The van der Waals surface area contributed by atoms with Crippen LogP contribution in [-0.4, -0.2) is 42.4 Å². The zero-order chi connectivity index (χ0) is 13.5. The number of thioether (sulfide) groups is 1. The van der Waals surface area contributed by atoms with Crippen LogP contribution in [-0.2, 0) is 6.42 Å². The third-order valence-corrected chi connectivity index (χ3v) is 6.70. The lowest BCUT2D eigenvalue weighted by molar-refractivity contribution is 0.219. The van der Waals surface area contributed by atoms with Crippen molar-refractivity contribution < 1.29 is 0 Å². The molecule has 0 radical (unpaired) electrons. The number of hydrogen-bond acceptors (Lipinski definition) is 3. The first-order valence-corrected chi connectivity index (χ1v) is 8.92. The summed E-state index contributed by atoms with van der Waals surface area (Å²) < 4.78 is 0. The molecule has 1 aromatic carbocycles. The SMILES string of the molecule is CCC1C2CNCC2CN1CC1Cc2ccccc2S1. The van der Waals surface area contributed by atoms with E-state index in [1.165, 1.54) is 43.9 Å². The van der Waals surface area contributed by atoms with Gasteiger partial charge in [-0.25, -0.2) is 0 Å². The first kappa shape index (κ1) is 13.2. The highest BCUT2D eigenvalue weighted by molar-refractivity contribution is 8.00. The predicted octanol–water partition coefficient (Wildman–Crippen LogP) is 2.63. The molecular weight excluding hydrogens is 264 g/mol. The Labute approximate surface area is 126 Å². The van der Waals surface area contributed by atoms with Gasteiger partial charge in [0, 0.05) is 29.3 Å². The maximum Gasteiger partial charge on any atom is 0.0263 e. The van der Waals surface area contributed by atoms with Gasteiger partial charge in [-0.15, -0.1) is 11.8 Å². The van der Waals surface area contributed by atoms with Crippen molar-refractivity contribution >= 4 is 11.8 Å². The largest absolute Gasteiger partial charge is 0.316 e. The van der Waals surface area contributed by atoms with E-state index >= 15 is 0 Å². The molecule has 2 nitrogen and oxygen atoms in total. The van der Waals surface area contributed by atoms with Crippen LogP contribution in [0.4, 0.5) is 0 Å². The molecule has 0 amide bonds. The van der Waals surface area contributed by atoms with E-state index in [4.69, 9.17) is 0 Å². The average molecular weight is 288 g/mol. The predicted molar refractivity (Wildman–Crippen MR) is 85.3 cm³/mol. The van der Waals surface area contributed by atoms with Crippen molar-refractivity contribution in [3.05, 3.63) is 29.8 Å². The molecule has 3 aliphatic rings. The van der Waals surface area contributed by atoms with E-state index in [-0.39, 0.29) is 0 Å². The fourth-order valence-electron chi connectivity index (χ4n) is 4.50. The molecular formula is C17H24N2S. The number of hydrogen-bond donors (Lipinski definition) is 1. The average Bonchev–Trinajstić information content (AvgIpc) is 3.11. The smallest absolute Gasteiger partial charge is 0.0263 e. The Morgan fingerprint density at radius 3 is 3.05 bits per heavy atom. The first-order valence-electron chi connectivity index (χ1n) is 8.04. The quantitative estimate of drug-likeness (QED) is 0.920. The normalized spacial score (nSPS) is 36.2. The minimum atomic E-state index is 0.772. The van der Waals surface area contributed by atoms with Gasteiger partial charge in [-0.05, 0) is 49.4 Å². The number of nitrogens with zero attached hydrogens (tertiary/aromatic N) is 1. The molecule has 4 atom stereocenters. The lowest BCUT2D eigenvalue weighted by atomic mass is 9.93. The van der Waals surface area contributed by atoms with Crippen LogP contribution in [0.3, 0.4) is 0 Å². The van der Waals surface area contributed by atoms with Crippen molar-refractivity contribution in [3.63, 3.8) is 0 Å². The Morgan fingerprint density at radius 2 is 2.20 bits per heavy atom. The van der Waals surface area contributed by atoms with Gasteiger partial charge < -0.3 is 5.32 Å². The summed E-state index contributed by atoms with van der Waals surface area (Å²) in [5.41, 5.74) is 1.57. The molecule has 0 spiro atoms. The third kappa shape index (κ3) is 2.20. The van der Waals surface area contributed by atoms with Gasteiger partial charge in [-0.2, -0.15) is 0 Å². The Kier molecular flexibility index (Phi) is 3.53. The third-order valence-electron chi connectivity index (χ3n) is 5.39. The molecule has 3 heteroatoms.